The molecule has 0 saturated carbocycles. The molecular weight excluding hydrogens is 342 g/mol. The number of imidazole rings is 1. The number of aromatic nitrogens is 2. The van der Waals surface area contributed by atoms with Crippen molar-refractivity contribution in [3.05, 3.63) is 71.6 Å². The molecule has 0 saturated heterocycles. The summed E-state index contributed by atoms with van der Waals surface area (Å²) in [5.74, 6) is -1.93. The first kappa shape index (κ1) is 19.3. The minimum absolute atomic E-state index is 0.0758. The lowest BCUT2D eigenvalue weighted by molar-refractivity contribution is 0.0164. The normalized spacial score (nSPS) is 11.9. The van der Waals surface area contributed by atoms with Crippen LogP contribution in [0.4, 0.5) is 8.78 Å². The Morgan fingerprint density at radius 1 is 1.19 bits per heavy atom. The van der Waals surface area contributed by atoms with E-state index >= 15 is 0 Å². The van der Waals surface area contributed by atoms with Gasteiger partial charge in [-0.2, -0.15) is 0 Å². The molecule has 0 bridgehead atoms. The summed E-state index contributed by atoms with van der Waals surface area (Å²) in [6, 6.07) is 12.9. The van der Waals surface area contributed by atoms with Gasteiger partial charge >= 0.3 is 0 Å². The number of halogens is 2. The van der Waals surface area contributed by atoms with Crippen LogP contribution in [0.15, 0.2) is 49.0 Å². The van der Waals surface area contributed by atoms with Crippen LogP contribution in [0.25, 0.3) is 16.6 Å². The first-order chi connectivity index (χ1) is 12.8. The fraction of sp³-hybridized carbons (Fsp3) is 0.348. The van der Waals surface area contributed by atoms with Gasteiger partial charge < -0.3 is 4.57 Å². The Morgan fingerprint density at radius 3 is 2.59 bits per heavy atom. The van der Waals surface area contributed by atoms with Gasteiger partial charge in [-0.25, -0.2) is 13.8 Å². The summed E-state index contributed by atoms with van der Waals surface area (Å²) < 4.78 is 30.2. The quantitative estimate of drug-likeness (QED) is 0.461. The van der Waals surface area contributed by atoms with Gasteiger partial charge in [0.05, 0.1) is 11.0 Å². The Bertz CT molecular complexity index is 964. The van der Waals surface area contributed by atoms with E-state index in [1.165, 1.54) is 6.07 Å². The first-order valence-electron chi connectivity index (χ1n) is 9.42. The second kappa shape index (κ2) is 7.63. The molecule has 4 heteroatoms. The van der Waals surface area contributed by atoms with Crippen molar-refractivity contribution in [2.75, 3.05) is 0 Å². The van der Waals surface area contributed by atoms with Crippen molar-refractivity contribution >= 4 is 16.6 Å². The number of hydrogen-bond donors (Lipinski definition) is 0. The molecule has 0 radical (unpaired) electrons. The van der Waals surface area contributed by atoms with Crippen LogP contribution >= 0.6 is 0 Å². The summed E-state index contributed by atoms with van der Waals surface area (Å²) in [7, 11) is 0. The van der Waals surface area contributed by atoms with E-state index in [2.05, 4.69) is 18.1 Å². The van der Waals surface area contributed by atoms with Gasteiger partial charge in [-0.05, 0) is 36.6 Å². The lowest BCUT2D eigenvalue weighted by Crippen LogP contribution is -2.14. The second-order valence-electron chi connectivity index (χ2n) is 7.25. The molecule has 2 aromatic carbocycles. The van der Waals surface area contributed by atoms with Crippen molar-refractivity contribution in [3.63, 3.8) is 0 Å². The van der Waals surface area contributed by atoms with Crippen LogP contribution in [-0.2, 0) is 18.9 Å². The SMILES string of the molecule is C=C(C)c1ccc2c(c1)nc(CCCC)n2Cc1ccccc1C(C)(F)F. The van der Waals surface area contributed by atoms with Gasteiger partial charge in [-0.1, -0.05) is 55.8 Å². The lowest BCUT2D eigenvalue weighted by Gasteiger charge is -2.17. The fourth-order valence-electron chi connectivity index (χ4n) is 3.40. The fourth-order valence-corrected chi connectivity index (χ4v) is 3.40. The van der Waals surface area contributed by atoms with Crippen LogP contribution in [0.2, 0.25) is 0 Å². The van der Waals surface area contributed by atoms with Gasteiger partial charge in [0, 0.05) is 25.5 Å². The standard InChI is InChI=1S/C23H26F2N2/c1-5-6-11-22-26-20-14-17(16(2)3)12-13-21(20)27(22)15-18-9-7-8-10-19(18)23(4,24)25/h7-10,12-14H,2,5-6,11,15H2,1,3-4H3. The molecule has 0 amide bonds. The van der Waals surface area contributed by atoms with Gasteiger partial charge in [0.25, 0.3) is 5.92 Å². The molecule has 3 rings (SSSR count). The smallest absolute Gasteiger partial charge is 0.270 e. The van der Waals surface area contributed by atoms with Crippen molar-refractivity contribution in [3.8, 4) is 0 Å². The zero-order valence-electron chi connectivity index (χ0n) is 16.2. The van der Waals surface area contributed by atoms with E-state index in [9.17, 15) is 8.78 Å². The van der Waals surface area contributed by atoms with E-state index in [1.54, 1.807) is 12.1 Å². The predicted octanol–water partition coefficient (Wildman–Crippen LogP) is 6.57. The number of benzene rings is 2. The van der Waals surface area contributed by atoms with E-state index in [4.69, 9.17) is 4.98 Å². The molecule has 3 aromatic rings. The molecule has 1 aromatic heterocycles. The maximum absolute atomic E-state index is 14.1. The molecule has 0 N–H and O–H groups in total. The highest BCUT2D eigenvalue weighted by Crippen LogP contribution is 2.31. The van der Waals surface area contributed by atoms with Crippen LogP contribution in [0.3, 0.4) is 0 Å². The predicted molar refractivity (Wildman–Crippen MR) is 108 cm³/mol. The first-order valence-corrected chi connectivity index (χ1v) is 9.42. The van der Waals surface area contributed by atoms with Crippen molar-refractivity contribution in [2.24, 2.45) is 0 Å². The van der Waals surface area contributed by atoms with E-state index in [1.807, 2.05) is 31.2 Å². The average molecular weight is 368 g/mol. The molecule has 0 fully saturated rings. The van der Waals surface area contributed by atoms with Crippen molar-refractivity contribution in [2.45, 2.75) is 52.5 Å². The van der Waals surface area contributed by atoms with E-state index in [0.717, 1.165) is 54.2 Å². The van der Waals surface area contributed by atoms with Crippen molar-refractivity contribution in [1.29, 1.82) is 0 Å². The molecule has 0 atom stereocenters. The maximum Gasteiger partial charge on any atom is 0.270 e. The van der Waals surface area contributed by atoms with Gasteiger partial charge in [-0.3, -0.25) is 0 Å². The number of unbranched alkanes of at least 4 members (excludes halogenated alkanes) is 1. The Balaban J connectivity index is 2.11. The van der Waals surface area contributed by atoms with Gasteiger partial charge in [-0.15, -0.1) is 0 Å². The Labute approximate surface area is 159 Å². The van der Waals surface area contributed by atoms with Crippen molar-refractivity contribution < 1.29 is 8.78 Å². The van der Waals surface area contributed by atoms with E-state index < -0.39 is 5.92 Å². The van der Waals surface area contributed by atoms with Gasteiger partial charge in [0.2, 0.25) is 0 Å². The number of fused-ring (bicyclic) bond motifs is 1. The van der Waals surface area contributed by atoms with E-state index in [-0.39, 0.29) is 5.56 Å². The number of rotatable bonds is 7. The van der Waals surface area contributed by atoms with Crippen molar-refractivity contribution in [1.82, 2.24) is 9.55 Å². The summed E-state index contributed by atoms with van der Waals surface area (Å²) >= 11 is 0. The topological polar surface area (TPSA) is 17.8 Å². The maximum atomic E-state index is 14.1. The highest BCUT2D eigenvalue weighted by molar-refractivity contribution is 5.81. The van der Waals surface area contributed by atoms with Crippen LogP contribution in [0.5, 0.6) is 0 Å². The second-order valence-corrected chi connectivity index (χ2v) is 7.25. The number of nitrogens with zero attached hydrogens (tertiary/aromatic N) is 2. The lowest BCUT2D eigenvalue weighted by atomic mass is 10.0. The van der Waals surface area contributed by atoms with Gasteiger partial charge in [0.1, 0.15) is 5.82 Å². The summed E-state index contributed by atoms with van der Waals surface area (Å²) in [5.41, 5.74) is 4.60. The molecule has 2 nitrogen and oxygen atoms in total. The van der Waals surface area contributed by atoms with E-state index in [0.29, 0.717) is 12.1 Å². The third-order valence-electron chi connectivity index (χ3n) is 4.89. The summed E-state index contributed by atoms with van der Waals surface area (Å²) in [4.78, 5) is 4.82. The Morgan fingerprint density at radius 2 is 1.93 bits per heavy atom. The molecule has 142 valence electrons. The minimum Gasteiger partial charge on any atom is -0.323 e. The minimum atomic E-state index is -2.87. The van der Waals surface area contributed by atoms with Crippen LogP contribution in [-0.4, -0.2) is 9.55 Å². The van der Waals surface area contributed by atoms with Crippen LogP contribution in [0, 0.1) is 0 Å². The number of alkyl halides is 2. The summed E-state index contributed by atoms with van der Waals surface area (Å²) in [6.07, 6.45) is 2.91. The largest absolute Gasteiger partial charge is 0.323 e. The molecule has 0 aliphatic carbocycles. The number of allylic oxidation sites excluding steroid dienone is 1. The zero-order chi connectivity index (χ0) is 19.6. The van der Waals surface area contributed by atoms with Crippen LogP contribution < -0.4 is 0 Å². The number of hydrogen-bond acceptors (Lipinski definition) is 1. The molecular formula is C23H26F2N2. The molecule has 1 heterocycles. The summed E-state index contributed by atoms with van der Waals surface area (Å²) in [5, 5.41) is 0. The third kappa shape index (κ3) is 4.10. The van der Waals surface area contributed by atoms with Gasteiger partial charge in [0.15, 0.2) is 0 Å². The molecule has 0 aliphatic heterocycles. The highest BCUT2D eigenvalue weighted by atomic mass is 19.3. The number of aryl methyl sites for hydroxylation is 1. The highest BCUT2D eigenvalue weighted by Gasteiger charge is 2.27. The molecule has 0 unspecified atom stereocenters. The Kier molecular flexibility index (Phi) is 5.45. The molecule has 27 heavy (non-hydrogen) atoms. The zero-order valence-corrected chi connectivity index (χ0v) is 16.2. The Hall–Kier alpha value is -2.49. The molecule has 0 spiro atoms. The average Bonchev–Trinajstić information content (AvgIpc) is 2.96. The van der Waals surface area contributed by atoms with Crippen LogP contribution in [0.1, 0.15) is 56.1 Å². The summed E-state index contributed by atoms with van der Waals surface area (Å²) in [6.45, 7) is 9.45. The third-order valence-corrected chi connectivity index (χ3v) is 4.89. The monoisotopic (exact) mass is 368 g/mol. The molecule has 0 aliphatic rings.